The van der Waals surface area contributed by atoms with E-state index in [9.17, 15) is 4.79 Å². The van der Waals surface area contributed by atoms with Crippen LogP contribution in [0.5, 0.6) is 0 Å². The maximum Gasteiger partial charge on any atom is 0.246 e. The van der Waals surface area contributed by atoms with Gasteiger partial charge in [0.25, 0.3) is 0 Å². The van der Waals surface area contributed by atoms with Gasteiger partial charge < -0.3 is 5.73 Å². The van der Waals surface area contributed by atoms with Crippen molar-refractivity contribution in [2.75, 3.05) is 5.75 Å². The van der Waals surface area contributed by atoms with Crippen molar-refractivity contribution in [2.24, 2.45) is 5.73 Å². The lowest BCUT2D eigenvalue weighted by molar-refractivity contribution is -0.114. The second-order valence-corrected chi connectivity index (χ2v) is 3.84. The molecule has 0 atom stereocenters. The Morgan fingerprint density at radius 2 is 2.23 bits per heavy atom. The number of carbonyl (C=O) groups is 1. The number of amides is 1. The smallest absolute Gasteiger partial charge is 0.246 e. The van der Waals surface area contributed by atoms with E-state index in [1.54, 1.807) is 11.8 Å². The molecule has 1 amide bonds. The van der Waals surface area contributed by atoms with E-state index in [2.05, 4.69) is 0 Å². The quantitative estimate of drug-likeness (QED) is 0.683. The van der Waals surface area contributed by atoms with Crippen molar-refractivity contribution < 1.29 is 4.79 Å². The minimum absolute atomic E-state index is 0.308. The molecule has 2 N–H and O–H groups in total. The first-order valence-corrected chi connectivity index (χ1v) is 4.99. The van der Waals surface area contributed by atoms with Crippen LogP contribution in [0.25, 0.3) is 0 Å². The van der Waals surface area contributed by atoms with Crippen molar-refractivity contribution >= 4 is 17.7 Å². The molecule has 0 aromatic carbocycles. The second-order valence-electron chi connectivity index (χ2n) is 2.82. The summed E-state index contributed by atoms with van der Waals surface area (Å²) in [5.41, 5.74) is 6.99. The van der Waals surface area contributed by atoms with E-state index in [-0.39, 0.29) is 5.91 Å². The molecule has 3 heteroatoms. The Balaban J connectivity index is 2.49. The fourth-order valence-corrected chi connectivity index (χ4v) is 2.46. The largest absolute Gasteiger partial charge is 0.366 e. The van der Waals surface area contributed by atoms with E-state index in [0.717, 1.165) is 16.1 Å². The molecular weight excluding hydrogens is 182 g/mol. The number of fused-ring (bicyclic) bond motifs is 1. The lowest BCUT2D eigenvalue weighted by Gasteiger charge is -1.96. The topological polar surface area (TPSA) is 43.1 Å². The first-order valence-electron chi connectivity index (χ1n) is 4.00. The van der Waals surface area contributed by atoms with Gasteiger partial charge in [0, 0.05) is 16.2 Å². The van der Waals surface area contributed by atoms with Gasteiger partial charge in [-0.2, -0.15) is 0 Å². The number of carbonyl (C=O) groups excluding carboxylic acids is 1. The van der Waals surface area contributed by atoms with Crippen molar-refractivity contribution in [3.05, 3.63) is 46.4 Å². The Morgan fingerprint density at radius 3 is 3.00 bits per heavy atom. The van der Waals surface area contributed by atoms with Gasteiger partial charge in [-0.05, 0) is 11.6 Å². The Labute approximate surface area is 80.9 Å². The van der Waals surface area contributed by atoms with Crippen molar-refractivity contribution in [1.82, 2.24) is 0 Å². The van der Waals surface area contributed by atoms with E-state index in [0.29, 0.717) is 5.75 Å². The number of allylic oxidation sites excluding steroid dienone is 6. The number of hydrogen-bond donors (Lipinski definition) is 1. The molecule has 1 aliphatic carbocycles. The van der Waals surface area contributed by atoms with Crippen LogP contribution in [0.3, 0.4) is 0 Å². The highest BCUT2D eigenvalue weighted by Gasteiger charge is 2.21. The summed E-state index contributed by atoms with van der Waals surface area (Å²) in [6.07, 6.45) is 9.78. The van der Waals surface area contributed by atoms with Gasteiger partial charge in [0.1, 0.15) is 0 Å². The van der Waals surface area contributed by atoms with Crippen LogP contribution in [0.15, 0.2) is 46.4 Å². The summed E-state index contributed by atoms with van der Waals surface area (Å²) in [7, 11) is 0. The molecule has 66 valence electrons. The number of thioether (sulfide) groups is 1. The molecule has 1 heterocycles. The van der Waals surface area contributed by atoms with Crippen LogP contribution in [0, 0.1) is 0 Å². The highest BCUT2D eigenvalue weighted by Crippen LogP contribution is 2.37. The van der Waals surface area contributed by atoms with Crippen LogP contribution in [-0.4, -0.2) is 11.7 Å². The molecule has 0 aromatic heterocycles. The van der Waals surface area contributed by atoms with E-state index >= 15 is 0 Å². The average molecular weight is 191 g/mol. The van der Waals surface area contributed by atoms with E-state index in [4.69, 9.17) is 5.73 Å². The Hall–Kier alpha value is -1.22. The first kappa shape index (κ1) is 8.38. The molecule has 13 heavy (non-hydrogen) atoms. The second kappa shape index (κ2) is 3.26. The Bertz CT molecular complexity index is 374. The zero-order valence-electron chi connectivity index (χ0n) is 6.99. The van der Waals surface area contributed by atoms with Gasteiger partial charge >= 0.3 is 0 Å². The molecule has 0 bridgehead atoms. The van der Waals surface area contributed by atoms with Gasteiger partial charge in [-0.15, -0.1) is 11.8 Å². The van der Waals surface area contributed by atoms with Crippen LogP contribution in [0.1, 0.15) is 0 Å². The molecular formula is C10H9NOS. The highest BCUT2D eigenvalue weighted by atomic mass is 32.2. The molecule has 0 saturated carbocycles. The molecule has 0 saturated heterocycles. The van der Waals surface area contributed by atoms with Crippen LogP contribution in [-0.2, 0) is 4.79 Å². The maximum atomic E-state index is 11.0. The minimum atomic E-state index is -0.308. The zero-order valence-corrected chi connectivity index (χ0v) is 7.80. The highest BCUT2D eigenvalue weighted by molar-refractivity contribution is 8.03. The number of hydrogen-bond acceptors (Lipinski definition) is 2. The Morgan fingerprint density at radius 1 is 1.38 bits per heavy atom. The van der Waals surface area contributed by atoms with E-state index in [1.807, 2.05) is 30.4 Å². The third kappa shape index (κ3) is 1.47. The molecule has 0 spiro atoms. The van der Waals surface area contributed by atoms with Gasteiger partial charge in [-0.1, -0.05) is 24.3 Å². The summed E-state index contributed by atoms with van der Waals surface area (Å²) in [5.74, 6) is 0.395. The minimum Gasteiger partial charge on any atom is -0.366 e. The van der Waals surface area contributed by atoms with Gasteiger partial charge in [0.05, 0.1) is 0 Å². The van der Waals surface area contributed by atoms with Crippen molar-refractivity contribution in [2.45, 2.75) is 0 Å². The summed E-state index contributed by atoms with van der Waals surface area (Å²) in [6, 6.07) is 0. The maximum absolute atomic E-state index is 11.0. The summed E-state index contributed by atoms with van der Waals surface area (Å²) < 4.78 is 0. The molecule has 2 nitrogen and oxygen atoms in total. The normalized spacial score (nSPS) is 19.8. The van der Waals surface area contributed by atoms with Gasteiger partial charge in [-0.3, -0.25) is 4.79 Å². The molecule has 0 fully saturated rings. The third-order valence-electron chi connectivity index (χ3n) is 1.99. The summed E-state index contributed by atoms with van der Waals surface area (Å²) >= 11 is 1.66. The summed E-state index contributed by atoms with van der Waals surface area (Å²) in [6.45, 7) is 0. The fourth-order valence-electron chi connectivity index (χ4n) is 1.34. The molecule has 0 unspecified atom stereocenters. The molecule has 0 aromatic rings. The molecule has 0 radical (unpaired) electrons. The van der Waals surface area contributed by atoms with Crippen molar-refractivity contribution in [1.29, 1.82) is 0 Å². The van der Waals surface area contributed by atoms with Gasteiger partial charge in [0.2, 0.25) is 5.91 Å². The van der Waals surface area contributed by atoms with Crippen LogP contribution in [0.2, 0.25) is 0 Å². The van der Waals surface area contributed by atoms with E-state index in [1.165, 1.54) is 0 Å². The first-order chi connectivity index (χ1) is 6.29. The SMILES string of the molecule is NC(=O)C1=C2C=CC=CC=C2SC1. The lowest BCUT2D eigenvalue weighted by atomic mass is 10.1. The third-order valence-corrected chi connectivity index (χ3v) is 3.09. The fraction of sp³-hybridized carbons (Fsp3) is 0.100. The predicted molar refractivity (Wildman–Crippen MR) is 55.0 cm³/mol. The van der Waals surface area contributed by atoms with Crippen LogP contribution in [0.4, 0.5) is 0 Å². The summed E-state index contributed by atoms with van der Waals surface area (Å²) in [5, 5.41) is 0. The Kier molecular flexibility index (Phi) is 2.10. The summed E-state index contributed by atoms with van der Waals surface area (Å²) in [4.78, 5) is 12.2. The van der Waals surface area contributed by atoms with Crippen LogP contribution < -0.4 is 5.73 Å². The molecule has 2 aliphatic rings. The van der Waals surface area contributed by atoms with E-state index < -0.39 is 0 Å². The zero-order chi connectivity index (χ0) is 9.26. The van der Waals surface area contributed by atoms with Gasteiger partial charge in [0.15, 0.2) is 0 Å². The average Bonchev–Trinajstić information content (AvgIpc) is 2.36. The van der Waals surface area contributed by atoms with Gasteiger partial charge in [-0.25, -0.2) is 0 Å². The lowest BCUT2D eigenvalue weighted by Crippen LogP contribution is -2.15. The number of rotatable bonds is 1. The molecule has 2 rings (SSSR count). The van der Waals surface area contributed by atoms with Crippen molar-refractivity contribution in [3.63, 3.8) is 0 Å². The standard InChI is InChI=1S/C10H9NOS/c11-10(12)8-6-13-9-5-3-1-2-4-7(8)9/h1-5H,6H2,(H2,11,12). The number of nitrogens with two attached hydrogens (primary N) is 1. The van der Waals surface area contributed by atoms with Crippen molar-refractivity contribution in [3.8, 4) is 0 Å². The predicted octanol–water partition coefficient (Wildman–Crippen LogP) is 1.53. The van der Waals surface area contributed by atoms with Crippen LogP contribution >= 0.6 is 11.8 Å². The number of primary amides is 1. The molecule has 1 aliphatic heterocycles. The monoisotopic (exact) mass is 191 g/mol.